The Labute approximate surface area is 117 Å². The number of carbonyl (C=O) groups is 1. The fraction of sp³-hybridized carbons (Fsp3) is 0.933. The lowest BCUT2D eigenvalue weighted by Crippen LogP contribution is -2.49. The predicted octanol–water partition coefficient (Wildman–Crippen LogP) is 3.02. The molecule has 4 nitrogen and oxygen atoms in total. The molecule has 1 aliphatic rings. The van der Waals surface area contributed by atoms with Gasteiger partial charge in [0.2, 0.25) is 0 Å². The second-order valence-corrected chi connectivity index (χ2v) is 6.86. The van der Waals surface area contributed by atoms with E-state index in [0.29, 0.717) is 5.92 Å². The smallest absolute Gasteiger partial charge is 0.407 e. The van der Waals surface area contributed by atoms with Crippen molar-refractivity contribution in [1.29, 1.82) is 0 Å². The van der Waals surface area contributed by atoms with E-state index in [1.54, 1.807) is 0 Å². The molecule has 0 radical (unpaired) electrons. The van der Waals surface area contributed by atoms with Crippen molar-refractivity contribution in [3.63, 3.8) is 0 Å². The van der Waals surface area contributed by atoms with Gasteiger partial charge in [-0.2, -0.15) is 0 Å². The quantitative estimate of drug-likeness (QED) is 0.854. The van der Waals surface area contributed by atoms with Crippen molar-refractivity contribution < 1.29 is 9.53 Å². The number of hydrogen-bond donors (Lipinski definition) is 1. The van der Waals surface area contributed by atoms with Crippen LogP contribution in [-0.2, 0) is 4.74 Å². The van der Waals surface area contributed by atoms with Crippen LogP contribution in [0.5, 0.6) is 0 Å². The lowest BCUT2D eigenvalue weighted by atomic mass is 10.0. The van der Waals surface area contributed by atoms with Crippen LogP contribution >= 0.6 is 0 Å². The van der Waals surface area contributed by atoms with Crippen LogP contribution in [0.4, 0.5) is 4.79 Å². The highest BCUT2D eigenvalue weighted by atomic mass is 16.6. The number of piperidine rings is 1. The summed E-state index contributed by atoms with van der Waals surface area (Å²) < 4.78 is 5.34. The molecule has 1 atom stereocenters. The Bertz CT molecular complexity index is 278. The Balaban J connectivity index is 2.45. The predicted molar refractivity (Wildman–Crippen MR) is 78.3 cm³/mol. The summed E-state index contributed by atoms with van der Waals surface area (Å²) in [6, 6.07) is 0.160. The van der Waals surface area contributed by atoms with Gasteiger partial charge >= 0.3 is 6.09 Å². The number of likely N-dealkylation sites (tertiary alicyclic amines) is 1. The standard InChI is InChI=1S/C15H30N2O2/c1-12(2)13(11-17-9-7-6-8-10-17)16-14(18)19-15(3,4)5/h12-13H,6-11H2,1-5H3,(H,16,18)/t13-/m1/s1. The molecule has 1 heterocycles. The molecule has 1 rings (SSSR count). The van der Waals surface area contributed by atoms with E-state index < -0.39 is 5.60 Å². The molecule has 0 aromatic carbocycles. The largest absolute Gasteiger partial charge is 0.444 e. The molecule has 0 unspecified atom stereocenters. The number of carbonyl (C=O) groups excluding carboxylic acids is 1. The average Bonchev–Trinajstić information content (AvgIpc) is 2.26. The zero-order chi connectivity index (χ0) is 14.5. The number of hydrogen-bond acceptors (Lipinski definition) is 3. The number of nitrogens with zero attached hydrogens (tertiary/aromatic N) is 1. The molecule has 4 heteroatoms. The molecular weight excluding hydrogens is 240 g/mol. The van der Waals surface area contributed by atoms with Gasteiger partial charge in [0.1, 0.15) is 5.60 Å². The molecule has 1 aliphatic heterocycles. The van der Waals surface area contributed by atoms with Crippen LogP contribution in [0, 0.1) is 5.92 Å². The SMILES string of the molecule is CC(C)[C@@H](CN1CCCCC1)NC(=O)OC(C)(C)C. The Kier molecular flexibility index (Phi) is 6.11. The first-order valence-electron chi connectivity index (χ1n) is 7.50. The van der Waals surface area contributed by atoms with Crippen molar-refractivity contribution in [2.45, 2.75) is 65.5 Å². The molecule has 0 aromatic heterocycles. The third kappa shape index (κ3) is 6.81. The Morgan fingerprint density at radius 2 is 1.79 bits per heavy atom. The fourth-order valence-corrected chi connectivity index (χ4v) is 2.30. The summed E-state index contributed by atoms with van der Waals surface area (Å²) in [5.41, 5.74) is -0.434. The van der Waals surface area contributed by atoms with Gasteiger partial charge < -0.3 is 15.0 Å². The minimum atomic E-state index is -0.434. The van der Waals surface area contributed by atoms with Gasteiger partial charge in [0, 0.05) is 12.6 Å². The zero-order valence-corrected chi connectivity index (χ0v) is 13.2. The lowest BCUT2D eigenvalue weighted by molar-refractivity contribution is 0.0469. The molecule has 0 aliphatic carbocycles. The van der Waals surface area contributed by atoms with Crippen molar-refractivity contribution in [2.75, 3.05) is 19.6 Å². The third-order valence-electron chi connectivity index (χ3n) is 3.41. The Hall–Kier alpha value is -0.770. The molecule has 1 N–H and O–H groups in total. The van der Waals surface area contributed by atoms with E-state index in [1.807, 2.05) is 20.8 Å². The first-order chi connectivity index (χ1) is 8.78. The van der Waals surface area contributed by atoms with Gasteiger partial charge in [-0.05, 0) is 52.6 Å². The first kappa shape index (κ1) is 16.3. The minimum Gasteiger partial charge on any atom is -0.444 e. The molecule has 1 saturated heterocycles. The van der Waals surface area contributed by atoms with Gasteiger partial charge in [-0.3, -0.25) is 0 Å². The topological polar surface area (TPSA) is 41.6 Å². The summed E-state index contributed by atoms with van der Waals surface area (Å²) in [5, 5.41) is 3.02. The fourth-order valence-electron chi connectivity index (χ4n) is 2.30. The maximum Gasteiger partial charge on any atom is 0.407 e. The van der Waals surface area contributed by atoms with Crippen molar-refractivity contribution in [2.24, 2.45) is 5.92 Å². The van der Waals surface area contributed by atoms with Gasteiger partial charge in [0.25, 0.3) is 0 Å². The highest BCUT2D eigenvalue weighted by Gasteiger charge is 2.23. The van der Waals surface area contributed by atoms with Gasteiger partial charge in [-0.25, -0.2) is 4.79 Å². The van der Waals surface area contributed by atoms with Gasteiger partial charge in [-0.15, -0.1) is 0 Å². The molecule has 0 aromatic rings. The summed E-state index contributed by atoms with van der Waals surface area (Å²) in [6.45, 7) is 13.2. The van der Waals surface area contributed by atoms with Crippen molar-refractivity contribution >= 4 is 6.09 Å². The van der Waals surface area contributed by atoms with Gasteiger partial charge in [-0.1, -0.05) is 20.3 Å². The van der Waals surface area contributed by atoms with Crippen LogP contribution in [0.3, 0.4) is 0 Å². The average molecular weight is 270 g/mol. The van der Waals surface area contributed by atoms with E-state index >= 15 is 0 Å². The maximum atomic E-state index is 11.9. The molecule has 0 bridgehead atoms. The van der Waals surface area contributed by atoms with E-state index in [1.165, 1.54) is 19.3 Å². The monoisotopic (exact) mass is 270 g/mol. The summed E-state index contributed by atoms with van der Waals surface area (Å²) in [7, 11) is 0. The second kappa shape index (κ2) is 7.13. The Morgan fingerprint density at radius 3 is 2.26 bits per heavy atom. The van der Waals surface area contributed by atoms with E-state index in [0.717, 1.165) is 19.6 Å². The van der Waals surface area contributed by atoms with Crippen LogP contribution < -0.4 is 5.32 Å². The highest BCUT2D eigenvalue weighted by Crippen LogP contribution is 2.13. The summed E-state index contributed by atoms with van der Waals surface area (Å²) >= 11 is 0. The second-order valence-electron chi connectivity index (χ2n) is 6.86. The third-order valence-corrected chi connectivity index (χ3v) is 3.41. The normalized spacial score (nSPS) is 19.3. The molecule has 1 amide bonds. The van der Waals surface area contributed by atoms with Crippen molar-refractivity contribution in [3.8, 4) is 0 Å². The maximum absolute atomic E-state index is 11.9. The van der Waals surface area contributed by atoms with Crippen LogP contribution in [0.25, 0.3) is 0 Å². The van der Waals surface area contributed by atoms with Crippen LogP contribution in [0.15, 0.2) is 0 Å². The summed E-state index contributed by atoms with van der Waals surface area (Å²) in [4.78, 5) is 14.3. The van der Waals surface area contributed by atoms with Gasteiger partial charge in [0.15, 0.2) is 0 Å². The molecule has 19 heavy (non-hydrogen) atoms. The minimum absolute atomic E-state index is 0.160. The zero-order valence-electron chi connectivity index (χ0n) is 13.2. The van der Waals surface area contributed by atoms with E-state index in [-0.39, 0.29) is 12.1 Å². The van der Waals surface area contributed by atoms with Crippen LogP contribution in [0.1, 0.15) is 53.9 Å². The number of amides is 1. The number of rotatable bonds is 4. The van der Waals surface area contributed by atoms with Crippen LogP contribution in [0.2, 0.25) is 0 Å². The van der Waals surface area contributed by atoms with E-state index in [2.05, 4.69) is 24.1 Å². The van der Waals surface area contributed by atoms with E-state index in [4.69, 9.17) is 4.74 Å². The van der Waals surface area contributed by atoms with E-state index in [9.17, 15) is 4.79 Å². The first-order valence-corrected chi connectivity index (χ1v) is 7.50. The number of nitrogens with one attached hydrogen (secondary N) is 1. The van der Waals surface area contributed by atoms with Crippen molar-refractivity contribution in [3.05, 3.63) is 0 Å². The molecule has 0 spiro atoms. The molecular formula is C15H30N2O2. The van der Waals surface area contributed by atoms with Gasteiger partial charge in [0.05, 0.1) is 0 Å². The number of ether oxygens (including phenoxy) is 1. The molecule has 1 fully saturated rings. The lowest BCUT2D eigenvalue weighted by Gasteiger charge is -2.33. The van der Waals surface area contributed by atoms with Crippen LogP contribution in [-0.4, -0.2) is 42.3 Å². The number of alkyl carbamates (subject to hydrolysis) is 1. The molecule has 112 valence electrons. The molecule has 0 saturated carbocycles. The Morgan fingerprint density at radius 1 is 1.21 bits per heavy atom. The summed E-state index contributed by atoms with van der Waals surface area (Å²) in [6.07, 6.45) is 3.58. The summed E-state index contributed by atoms with van der Waals surface area (Å²) in [5.74, 6) is 0.412. The highest BCUT2D eigenvalue weighted by molar-refractivity contribution is 5.68. The van der Waals surface area contributed by atoms with Crippen molar-refractivity contribution in [1.82, 2.24) is 10.2 Å².